The van der Waals surface area contributed by atoms with Crippen LogP contribution in [0.5, 0.6) is 0 Å². The Kier molecular flexibility index (Phi) is 2.74. The number of aromatic nitrogens is 4. The quantitative estimate of drug-likeness (QED) is 0.785. The largest absolute Gasteiger partial charge is 0.354 e. The van der Waals surface area contributed by atoms with Crippen LogP contribution in [-0.2, 0) is 0 Å². The molecule has 4 heterocycles. The average Bonchev–Trinajstić information content (AvgIpc) is 3.17. The van der Waals surface area contributed by atoms with Crippen LogP contribution in [0.15, 0.2) is 41.2 Å². The third-order valence-corrected chi connectivity index (χ3v) is 4.15. The van der Waals surface area contributed by atoms with Gasteiger partial charge in [0.1, 0.15) is 5.69 Å². The first-order valence-corrected chi connectivity index (χ1v) is 7.50. The molecule has 0 aromatic carbocycles. The molecule has 3 aromatic heterocycles. The van der Waals surface area contributed by atoms with Crippen LogP contribution in [0.25, 0.3) is 11.5 Å². The van der Waals surface area contributed by atoms with Gasteiger partial charge in [-0.2, -0.15) is 16.3 Å². The van der Waals surface area contributed by atoms with Gasteiger partial charge in [0.25, 0.3) is 0 Å². The highest BCUT2D eigenvalue weighted by molar-refractivity contribution is 7.07. The molecule has 1 aliphatic rings. The van der Waals surface area contributed by atoms with Crippen LogP contribution in [-0.4, -0.2) is 26.3 Å². The van der Waals surface area contributed by atoms with Crippen molar-refractivity contribution in [2.75, 3.05) is 11.9 Å². The Morgan fingerprint density at radius 2 is 2.30 bits per heavy atom. The zero-order chi connectivity index (χ0) is 13.4. The lowest BCUT2D eigenvalue weighted by molar-refractivity contribution is 0.482. The van der Waals surface area contributed by atoms with Crippen LogP contribution in [0.4, 0.5) is 5.95 Å². The van der Waals surface area contributed by atoms with E-state index in [9.17, 15) is 0 Å². The van der Waals surface area contributed by atoms with E-state index in [4.69, 9.17) is 0 Å². The summed E-state index contributed by atoms with van der Waals surface area (Å²) in [5, 5.41) is 12.2. The molecule has 5 nitrogen and oxygen atoms in total. The number of nitrogens with zero attached hydrogens (tertiary/aromatic N) is 4. The van der Waals surface area contributed by atoms with E-state index in [-0.39, 0.29) is 6.04 Å². The number of fused-ring (bicyclic) bond motifs is 1. The van der Waals surface area contributed by atoms with Gasteiger partial charge in [0.15, 0.2) is 0 Å². The maximum Gasteiger partial charge on any atom is 0.222 e. The lowest BCUT2D eigenvalue weighted by Gasteiger charge is -2.23. The van der Waals surface area contributed by atoms with Crippen molar-refractivity contribution in [2.45, 2.75) is 12.5 Å². The van der Waals surface area contributed by atoms with Crippen molar-refractivity contribution in [3.8, 4) is 11.5 Å². The summed E-state index contributed by atoms with van der Waals surface area (Å²) in [5.74, 6) is 1.50. The Balaban J connectivity index is 1.78. The smallest absolute Gasteiger partial charge is 0.222 e. The van der Waals surface area contributed by atoms with E-state index < -0.39 is 0 Å². The van der Waals surface area contributed by atoms with Gasteiger partial charge >= 0.3 is 0 Å². The zero-order valence-electron chi connectivity index (χ0n) is 10.7. The highest BCUT2D eigenvalue weighted by atomic mass is 32.1. The zero-order valence-corrected chi connectivity index (χ0v) is 11.5. The number of rotatable bonds is 2. The van der Waals surface area contributed by atoms with Crippen LogP contribution in [0.3, 0.4) is 0 Å². The van der Waals surface area contributed by atoms with Gasteiger partial charge in [0, 0.05) is 12.7 Å². The minimum atomic E-state index is 0.266. The van der Waals surface area contributed by atoms with Crippen LogP contribution in [0.2, 0.25) is 0 Å². The lowest BCUT2D eigenvalue weighted by atomic mass is 10.1. The second kappa shape index (κ2) is 4.72. The summed E-state index contributed by atoms with van der Waals surface area (Å²) in [7, 11) is 0. The maximum atomic E-state index is 4.64. The minimum Gasteiger partial charge on any atom is -0.354 e. The Morgan fingerprint density at radius 1 is 1.30 bits per heavy atom. The Bertz CT molecular complexity index is 705. The monoisotopic (exact) mass is 283 g/mol. The van der Waals surface area contributed by atoms with Gasteiger partial charge in [0.2, 0.25) is 11.8 Å². The standard InChI is InChI=1S/C14H13N5S/c1-2-6-15-11(3-1)13-17-14-16-7-4-12(19(14)18-13)10-5-8-20-9-10/h1-3,5-6,8-9,12H,4,7H2,(H,16,17,18). The van der Waals surface area contributed by atoms with Crippen LogP contribution in [0.1, 0.15) is 18.0 Å². The first kappa shape index (κ1) is 11.6. The summed E-state index contributed by atoms with van der Waals surface area (Å²) in [5.41, 5.74) is 2.11. The van der Waals surface area contributed by atoms with Gasteiger partial charge < -0.3 is 5.32 Å². The number of anilines is 1. The van der Waals surface area contributed by atoms with E-state index in [1.807, 2.05) is 22.9 Å². The van der Waals surface area contributed by atoms with Crippen molar-refractivity contribution in [1.29, 1.82) is 0 Å². The maximum absolute atomic E-state index is 4.64. The molecule has 6 heteroatoms. The number of thiophene rings is 1. The summed E-state index contributed by atoms with van der Waals surface area (Å²) in [6, 6.07) is 8.20. The molecule has 1 aliphatic heterocycles. The molecule has 20 heavy (non-hydrogen) atoms. The second-order valence-electron chi connectivity index (χ2n) is 4.71. The summed E-state index contributed by atoms with van der Waals surface area (Å²) in [6.45, 7) is 0.918. The molecular weight excluding hydrogens is 270 g/mol. The molecule has 1 atom stereocenters. The Morgan fingerprint density at radius 3 is 3.10 bits per heavy atom. The van der Waals surface area contributed by atoms with Gasteiger partial charge in [-0.3, -0.25) is 4.98 Å². The van der Waals surface area contributed by atoms with E-state index in [1.54, 1.807) is 17.5 Å². The van der Waals surface area contributed by atoms with E-state index >= 15 is 0 Å². The van der Waals surface area contributed by atoms with Crippen LogP contribution < -0.4 is 5.32 Å². The summed E-state index contributed by atoms with van der Waals surface area (Å²) in [4.78, 5) is 8.88. The van der Waals surface area contributed by atoms with Gasteiger partial charge in [0.05, 0.1) is 6.04 Å². The molecule has 4 rings (SSSR count). The molecular formula is C14H13N5S. The van der Waals surface area contributed by atoms with Gasteiger partial charge in [-0.15, -0.1) is 5.10 Å². The van der Waals surface area contributed by atoms with Crippen molar-refractivity contribution >= 4 is 17.3 Å². The summed E-state index contributed by atoms with van der Waals surface area (Å²) >= 11 is 1.72. The normalized spacial score (nSPS) is 17.5. The molecule has 0 spiro atoms. The van der Waals surface area contributed by atoms with Crippen LogP contribution >= 0.6 is 11.3 Å². The number of hydrogen-bond donors (Lipinski definition) is 1. The van der Waals surface area contributed by atoms with Crippen LogP contribution in [0, 0.1) is 0 Å². The third-order valence-electron chi connectivity index (χ3n) is 3.45. The Labute approximate surface area is 120 Å². The van der Waals surface area contributed by atoms with Crippen molar-refractivity contribution in [1.82, 2.24) is 19.7 Å². The fourth-order valence-corrected chi connectivity index (χ4v) is 3.19. The average molecular weight is 283 g/mol. The first-order chi connectivity index (χ1) is 9.92. The number of nitrogens with one attached hydrogen (secondary N) is 1. The van der Waals surface area contributed by atoms with Crippen molar-refractivity contribution in [3.05, 3.63) is 46.8 Å². The molecule has 0 saturated heterocycles. The molecule has 0 amide bonds. The second-order valence-corrected chi connectivity index (χ2v) is 5.49. The molecule has 0 radical (unpaired) electrons. The van der Waals surface area contributed by atoms with Gasteiger partial charge in [-0.05, 0) is 40.9 Å². The predicted octanol–water partition coefficient (Wildman–Crippen LogP) is 2.81. The molecule has 0 bridgehead atoms. The number of hydrogen-bond acceptors (Lipinski definition) is 5. The van der Waals surface area contributed by atoms with E-state index in [1.165, 1.54) is 5.56 Å². The van der Waals surface area contributed by atoms with Crippen molar-refractivity contribution in [3.63, 3.8) is 0 Å². The van der Waals surface area contributed by atoms with Gasteiger partial charge in [-0.1, -0.05) is 6.07 Å². The summed E-state index contributed by atoms with van der Waals surface area (Å²) < 4.78 is 1.98. The highest BCUT2D eigenvalue weighted by Crippen LogP contribution is 2.30. The molecule has 1 N–H and O–H groups in total. The van der Waals surface area contributed by atoms with Crippen molar-refractivity contribution in [2.24, 2.45) is 0 Å². The number of pyridine rings is 1. The van der Waals surface area contributed by atoms with E-state index in [0.29, 0.717) is 5.82 Å². The van der Waals surface area contributed by atoms with Crippen molar-refractivity contribution < 1.29 is 0 Å². The molecule has 3 aromatic rings. The molecule has 1 unspecified atom stereocenters. The summed E-state index contributed by atoms with van der Waals surface area (Å²) in [6.07, 6.45) is 2.79. The van der Waals surface area contributed by atoms with E-state index in [0.717, 1.165) is 24.6 Å². The highest BCUT2D eigenvalue weighted by Gasteiger charge is 2.25. The fourth-order valence-electron chi connectivity index (χ4n) is 2.48. The Hall–Kier alpha value is -2.21. The SMILES string of the molecule is c1ccc(-c2nc3n(n2)C(c2ccsc2)CCN3)nc1. The third kappa shape index (κ3) is 1.89. The van der Waals surface area contributed by atoms with E-state index in [2.05, 4.69) is 37.2 Å². The fraction of sp³-hybridized carbons (Fsp3) is 0.214. The predicted molar refractivity (Wildman–Crippen MR) is 78.8 cm³/mol. The topological polar surface area (TPSA) is 55.6 Å². The molecule has 0 fully saturated rings. The molecule has 0 aliphatic carbocycles. The lowest BCUT2D eigenvalue weighted by Crippen LogP contribution is -2.24. The van der Waals surface area contributed by atoms with Gasteiger partial charge in [-0.25, -0.2) is 4.68 Å². The molecule has 100 valence electrons. The first-order valence-electron chi connectivity index (χ1n) is 6.56. The minimum absolute atomic E-state index is 0.266. The molecule has 0 saturated carbocycles.